The summed E-state index contributed by atoms with van der Waals surface area (Å²) in [4.78, 5) is 42.3. The Balaban J connectivity index is 3.63. The van der Waals surface area contributed by atoms with Crippen LogP contribution >= 0.6 is 11.6 Å². The van der Waals surface area contributed by atoms with E-state index >= 15 is 0 Å². The lowest BCUT2D eigenvalue weighted by Crippen LogP contribution is -2.10. The van der Waals surface area contributed by atoms with Crippen LogP contribution in [0.25, 0.3) is 0 Å². The molecule has 0 heterocycles. The smallest absolute Gasteiger partial charge is 0.338 e. The molecule has 106 valence electrons. The van der Waals surface area contributed by atoms with Gasteiger partial charge in [-0.2, -0.15) is 0 Å². The molecule has 0 aromatic heterocycles. The number of hydrogen-bond acceptors (Lipinski definition) is 7. The van der Waals surface area contributed by atoms with E-state index in [1.807, 2.05) is 0 Å². The normalized spacial score (nSPS) is 9.90. The third-order valence-corrected chi connectivity index (χ3v) is 2.39. The molecule has 0 bridgehead atoms. The fourth-order valence-corrected chi connectivity index (χ4v) is 1.63. The Bertz CT molecular complexity index is 579. The molecule has 1 rings (SSSR count). The van der Waals surface area contributed by atoms with E-state index in [2.05, 4.69) is 4.74 Å². The third kappa shape index (κ3) is 3.06. The fraction of sp³-hybridized carbons (Fsp3) is 0.200. The Morgan fingerprint density at radius 3 is 1.95 bits per heavy atom. The lowest BCUT2D eigenvalue weighted by atomic mass is 10.1. The third-order valence-electron chi connectivity index (χ3n) is 2.20. The first-order valence-corrected chi connectivity index (χ1v) is 5.51. The largest absolute Gasteiger partial charge is 0.462 e. The molecule has 0 aliphatic rings. The van der Waals surface area contributed by atoms with Gasteiger partial charge in [0, 0.05) is 12.1 Å². The van der Waals surface area contributed by atoms with Gasteiger partial charge in [-0.15, -0.1) is 0 Å². The second-order valence-electron chi connectivity index (χ2n) is 3.40. The Labute approximate surface area is 116 Å². The highest BCUT2D eigenvalue weighted by Gasteiger charge is 2.32. The second-order valence-corrected chi connectivity index (χ2v) is 3.74. The van der Waals surface area contributed by atoms with Crippen LogP contribution in [-0.4, -0.2) is 27.7 Å². The van der Waals surface area contributed by atoms with Crippen molar-refractivity contribution in [1.29, 1.82) is 0 Å². The van der Waals surface area contributed by atoms with Gasteiger partial charge in [0.15, 0.2) is 5.56 Å². The Morgan fingerprint density at radius 1 is 1.20 bits per heavy atom. The summed E-state index contributed by atoms with van der Waals surface area (Å²) in [5.74, 6) is -0.979. The first kappa shape index (κ1) is 15.5. The van der Waals surface area contributed by atoms with Gasteiger partial charge in [0.05, 0.1) is 22.0 Å². The molecular weight excluding hydrogens is 296 g/mol. The van der Waals surface area contributed by atoms with Crippen LogP contribution in [-0.2, 0) is 4.74 Å². The molecule has 0 amide bonds. The van der Waals surface area contributed by atoms with Crippen molar-refractivity contribution in [2.24, 2.45) is 0 Å². The molecule has 0 radical (unpaired) electrons. The van der Waals surface area contributed by atoms with Gasteiger partial charge in [-0.1, -0.05) is 0 Å². The van der Waals surface area contributed by atoms with Gasteiger partial charge in [0.2, 0.25) is 0 Å². The number of carbonyl (C=O) groups excluding carboxylic acids is 2. The predicted molar refractivity (Wildman–Crippen MR) is 65.9 cm³/mol. The van der Waals surface area contributed by atoms with E-state index in [0.29, 0.717) is 12.1 Å². The Hall–Kier alpha value is -2.55. The minimum absolute atomic E-state index is 0.0172. The van der Waals surface area contributed by atoms with E-state index in [0.717, 1.165) is 0 Å². The minimum Gasteiger partial charge on any atom is -0.462 e. The summed E-state index contributed by atoms with van der Waals surface area (Å²) < 4.78 is 4.60. The number of rotatable bonds is 5. The van der Waals surface area contributed by atoms with Crippen molar-refractivity contribution in [3.8, 4) is 0 Å². The molecular formula is C10H7ClN2O7. The Morgan fingerprint density at radius 2 is 1.65 bits per heavy atom. The summed E-state index contributed by atoms with van der Waals surface area (Å²) in [6, 6.07) is 1.42. The number of nitro groups is 2. The summed E-state index contributed by atoms with van der Waals surface area (Å²) in [7, 11) is 0. The summed E-state index contributed by atoms with van der Waals surface area (Å²) in [6.07, 6.45) is 0. The molecule has 0 unspecified atom stereocenters. The molecule has 1 aromatic carbocycles. The number of halogens is 1. The molecule has 0 aliphatic carbocycles. The van der Waals surface area contributed by atoms with Crippen LogP contribution in [0.3, 0.4) is 0 Å². The number of esters is 1. The van der Waals surface area contributed by atoms with Crippen molar-refractivity contribution in [3.63, 3.8) is 0 Å². The van der Waals surface area contributed by atoms with Crippen molar-refractivity contribution in [1.82, 2.24) is 0 Å². The first-order valence-electron chi connectivity index (χ1n) is 5.13. The molecule has 0 N–H and O–H groups in total. The summed E-state index contributed by atoms with van der Waals surface area (Å²) >= 11 is 5.13. The van der Waals surface area contributed by atoms with Crippen LogP contribution in [0, 0.1) is 20.2 Å². The monoisotopic (exact) mass is 302 g/mol. The number of nitro benzene ring substituents is 2. The molecule has 0 aliphatic heterocycles. The zero-order valence-electron chi connectivity index (χ0n) is 9.99. The number of ether oxygens (including phenoxy) is 1. The van der Waals surface area contributed by atoms with Gasteiger partial charge in [0.1, 0.15) is 0 Å². The summed E-state index contributed by atoms with van der Waals surface area (Å²) in [6.45, 7) is 1.48. The highest BCUT2D eigenvalue weighted by Crippen LogP contribution is 2.32. The van der Waals surface area contributed by atoms with Gasteiger partial charge in [-0.25, -0.2) is 4.79 Å². The highest BCUT2D eigenvalue weighted by atomic mass is 35.5. The topological polar surface area (TPSA) is 130 Å². The standard InChI is InChI=1S/C10H7ClN2O7/c1-2-20-10(15)5-3-6(12(16)17)8(9(11)14)7(4-5)13(18)19/h3-4H,2H2,1H3. The number of benzene rings is 1. The van der Waals surface area contributed by atoms with Crippen LogP contribution in [0.2, 0.25) is 0 Å². The first-order chi connectivity index (χ1) is 9.29. The van der Waals surface area contributed by atoms with Crippen molar-refractivity contribution in [2.75, 3.05) is 6.61 Å². The molecule has 0 spiro atoms. The highest BCUT2D eigenvalue weighted by molar-refractivity contribution is 6.68. The number of carbonyl (C=O) groups is 2. The average Bonchev–Trinajstić information content (AvgIpc) is 2.36. The second kappa shape index (κ2) is 6.06. The van der Waals surface area contributed by atoms with Crippen molar-refractivity contribution in [2.45, 2.75) is 6.92 Å². The van der Waals surface area contributed by atoms with E-state index in [1.54, 1.807) is 0 Å². The Kier molecular flexibility index (Phi) is 4.70. The summed E-state index contributed by atoms with van der Waals surface area (Å²) in [5, 5.41) is 20.3. The molecule has 9 nitrogen and oxygen atoms in total. The maximum atomic E-state index is 11.5. The minimum atomic E-state index is -1.36. The van der Waals surface area contributed by atoms with Crippen LogP contribution in [0.4, 0.5) is 11.4 Å². The predicted octanol–water partition coefficient (Wildman–Crippen LogP) is 2.06. The van der Waals surface area contributed by atoms with E-state index in [9.17, 15) is 29.8 Å². The quantitative estimate of drug-likeness (QED) is 0.352. The van der Waals surface area contributed by atoms with Crippen LogP contribution in [0.5, 0.6) is 0 Å². The fourth-order valence-electron chi connectivity index (χ4n) is 1.43. The van der Waals surface area contributed by atoms with Crippen LogP contribution in [0.1, 0.15) is 27.6 Å². The van der Waals surface area contributed by atoms with E-state index in [-0.39, 0.29) is 6.61 Å². The molecule has 1 aromatic rings. The van der Waals surface area contributed by atoms with Crippen molar-refractivity contribution in [3.05, 3.63) is 43.5 Å². The number of nitrogens with zero attached hydrogens (tertiary/aromatic N) is 2. The van der Waals surface area contributed by atoms with Crippen LogP contribution < -0.4 is 0 Å². The van der Waals surface area contributed by atoms with Crippen molar-refractivity contribution >= 4 is 34.2 Å². The maximum Gasteiger partial charge on any atom is 0.338 e. The van der Waals surface area contributed by atoms with Crippen molar-refractivity contribution < 1.29 is 24.2 Å². The number of hydrogen-bond donors (Lipinski definition) is 0. The zero-order chi connectivity index (χ0) is 15.4. The molecule has 0 saturated heterocycles. The SMILES string of the molecule is CCOC(=O)c1cc([N+](=O)[O-])c(C(=O)Cl)c([N+](=O)[O-])c1. The zero-order valence-corrected chi connectivity index (χ0v) is 10.7. The van der Waals surface area contributed by atoms with Crippen LogP contribution in [0.15, 0.2) is 12.1 Å². The molecule has 0 saturated carbocycles. The van der Waals surface area contributed by atoms with Gasteiger partial charge in [-0.05, 0) is 18.5 Å². The van der Waals surface area contributed by atoms with E-state index in [4.69, 9.17) is 11.6 Å². The lowest BCUT2D eigenvalue weighted by Gasteiger charge is -2.04. The lowest BCUT2D eigenvalue weighted by molar-refractivity contribution is -0.394. The van der Waals surface area contributed by atoms with Gasteiger partial charge in [-0.3, -0.25) is 25.0 Å². The average molecular weight is 303 g/mol. The molecule has 10 heteroatoms. The molecule has 0 atom stereocenters. The van der Waals surface area contributed by atoms with E-state index in [1.165, 1.54) is 6.92 Å². The van der Waals surface area contributed by atoms with Gasteiger partial charge < -0.3 is 4.74 Å². The van der Waals surface area contributed by atoms with Gasteiger partial charge >= 0.3 is 5.97 Å². The molecule has 0 fully saturated rings. The van der Waals surface area contributed by atoms with E-state index < -0.39 is 43.6 Å². The van der Waals surface area contributed by atoms with Gasteiger partial charge in [0.25, 0.3) is 16.6 Å². The molecule has 20 heavy (non-hydrogen) atoms. The maximum absolute atomic E-state index is 11.5. The summed E-state index contributed by atoms with van der Waals surface area (Å²) in [5.41, 5.74) is -3.15.